The molecule has 1 aliphatic heterocycles. The highest BCUT2D eigenvalue weighted by Crippen LogP contribution is 2.42. The molecule has 6 rings (SSSR count). The van der Waals surface area contributed by atoms with E-state index in [0.29, 0.717) is 69.0 Å². The Balaban J connectivity index is 1.25. The van der Waals surface area contributed by atoms with Gasteiger partial charge in [-0.3, -0.25) is 24.1 Å². The number of aromatic nitrogens is 3. The maximum atomic E-state index is 13.1. The molecule has 1 amide bonds. The zero-order valence-electron chi connectivity index (χ0n) is 27.0. The number of hydrogen-bond acceptors (Lipinski definition) is 9. The number of carboxylic acid groups (broad SMARTS) is 1. The second kappa shape index (κ2) is 15.4. The first-order chi connectivity index (χ1) is 24.2. The van der Waals surface area contributed by atoms with Crippen molar-refractivity contribution in [1.82, 2.24) is 30.3 Å². The fourth-order valence-electron chi connectivity index (χ4n) is 5.91. The van der Waals surface area contributed by atoms with Crippen molar-refractivity contribution in [3.05, 3.63) is 105 Å². The molecule has 5 N–H and O–H groups in total. The van der Waals surface area contributed by atoms with Crippen molar-refractivity contribution in [2.75, 3.05) is 20.3 Å². The molecule has 3 aromatic heterocycles. The second-order valence-electron chi connectivity index (χ2n) is 11.8. The highest BCUT2D eigenvalue weighted by atomic mass is 35.5. The van der Waals surface area contributed by atoms with Crippen molar-refractivity contribution in [1.29, 1.82) is 0 Å². The van der Waals surface area contributed by atoms with E-state index >= 15 is 0 Å². The number of carboxylic acids is 1. The molecule has 1 aliphatic rings. The quantitative estimate of drug-likeness (QED) is 0.119. The molecule has 0 aliphatic carbocycles. The van der Waals surface area contributed by atoms with Gasteiger partial charge < -0.3 is 25.6 Å². The minimum absolute atomic E-state index is 0.0756. The Hall–Kier alpha value is -4.85. The molecule has 1 saturated heterocycles. The van der Waals surface area contributed by atoms with E-state index in [1.165, 1.54) is 10.6 Å². The van der Waals surface area contributed by atoms with Gasteiger partial charge in [-0.25, -0.2) is 9.97 Å². The SMILES string of the molecule is COc1nc(-c2cccc(-c3cccc(-c4ccn5c(=O)c(CNC(CO)C(=O)O)cnc5c4)c3Cl)c2Cl)ccc1CNCC1CCC(=O)N1. The van der Waals surface area contributed by atoms with Gasteiger partial charge in [0.05, 0.1) is 35.0 Å². The van der Waals surface area contributed by atoms with Crippen LogP contribution >= 0.6 is 23.2 Å². The first-order valence-electron chi connectivity index (χ1n) is 15.9. The molecule has 258 valence electrons. The number of aliphatic hydroxyl groups excluding tert-OH is 1. The molecule has 1 fully saturated rings. The number of ether oxygens (including phenoxy) is 1. The lowest BCUT2D eigenvalue weighted by Gasteiger charge is -2.16. The van der Waals surface area contributed by atoms with Crippen LogP contribution in [0.25, 0.3) is 39.2 Å². The van der Waals surface area contributed by atoms with Crippen LogP contribution < -0.4 is 26.2 Å². The molecule has 50 heavy (non-hydrogen) atoms. The fraction of sp³-hybridized carbons (Fsp3) is 0.250. The van der Waals surface area contributed by atoms with Crippen LogP contribution in [-0.4, -0.2) is 68.8 Å². The number of nitrogens with one attached hydrogen (secondary N) is 3. The monoisotopic (exact) mass is 716 g/mol. The highest BCUT2D eigenvalue weighted by molar-refractivity contribution is 6.39. The van der Waals surface area contributed by atoms with Gasteiger partial charge in [0.1, 0.15) is 11.7 Å². The van der Waals surface area contributed by atoms with Crippen molar-refractivity contribution >= 4 is 40.7 Å². The first-order valence-corrected chi connectivity index (χ1v) is 16.6. The topological polar surface area (TPSA) is 167 Å². The number of amides is 1. The number of rotatable bonds is 13. The van der Waals surface area contributed by atoms with E-state index in [9.17, 15) is 19.5 Å². The molecule has 2 unspecified atom stereocenters. The molecule has 0 saturated carbocycles. The lowest BCUT2D eigenvalue weighted by Crippen LogP contribution is -2.40. The molecule has 0 spiro atoms. The number of aliphatic carboxylic acids is 1. The minimum atomic E-state index is -1.22. The summed E-state index contributed by atoms with van der Waals surface area (Å²) in [7, 11) is 1.57. The van der Waals surface area contributed by atoms with Crippen LogP contribution in [0.4, 0.5) is 0 Å². The maximum Gasteiger partial charge on any atom is 0.323 e. The molecule has 2 atom stereocenters. The maximum absolute atomic E-state index is 13.1. The number of pyridine rings is 2. The zero-order valence-corrected chi connectivity index (χ0v) is 28.5. The normalized spacial score (nSPS) is 14.9. The summed E-state index contributed by atoms with van der Waals surface area (Å²) in [5, 5.41) is 28.3. The summed E-state index contributed by atoms with van der Waals surface area (Å²) in [6, 6.07) is 17.5. The van der Waals surface area contributed by atoms with E-state index in [4.69, 9.17) is 38.0 Å². The third-order valence-electron chi connectivity index (χ3n) is 8.60. The van der Waals surface area contributed by atoms with E-state index in [-0.39, 0.29) is 29.6 Å². The van der Waals surface area contributed by atoms with Crippen LogP contribution in [-0.2, 0) is 22.7 Å². The Labute approximate surface area is 297 Å². The van der Waals surface area contributed by atoms with Crippen molar-refractivity contribution < 1.29 is 24.5 Å². The zero-order chi connectivity index (χ0) is 35.4. The van der Waals surface area contributed by atoms with Gasteiger partial charge in [0.15, 0.2) is 0 Å². The summed E-state index contributed by atoms with van der Waals surface area (Å²) in [4.78, 5) is 45.0. The van der Waals surface area contributed by atoms with E-state index in [1.54, 1.807) is 25.4 Å². The standard InChI is InChI=1S/C36H34Cl2N6O6/c1-50-34-21(15-39-18-23-9-11-31(46)42-23)8-10-28(43-34)27-7-3-6-26(33(27)38)25-5-2-4-24(32(25)37)20-12-13-44-30(14-20)41-17-22(35(44)47)16-40-29(19-45)36(48)49/h2-8,10,12-14,17,23,29,39-40,45H,9,11,15-16,18-19H2,1H3,(H,42,46)(H,48,49). The predicted octanol–water partition coefficient (Wildman–Crippen LogP) is 4.31. The van der Waals surface area contributed by atoms with Gasteiger partial charge in [-0.2, -0.15) is 0 Å². The van der Waals surface area contributed by atoms with Crippen LogP contribution in [0.3, 0.4) is 0 Å². The van der Waals surface area contributed by atoms with Gasteiger partial charge in [-0.1, -0.05) is 65.7 Å². The summed E-state index contributed by atoms with van der Waals surface area (Å²) >= 11 is 14.1. The number of nitrogens with zero attached hydrogens (tertiary/aromatic N) is 3. The lowest BCUT2D eigenvalue weighted by molar-refractivity contribution is -0.140. The van der Waals surface area contributed by atoms with Crippen LogP contribution in [0, 0.1) is 0 Å². The third-order valence-corrected chi connectivity index (χ3v) is 9.41. The van der Waals surface area contributed by atoms with Crippen molar-refractivity contribution in [3.63, 3.8) is 0 Å². The molecular formula is C36H34Cl2N6O6. The molecular weight excluding hydrogens is 683 g/mol. The number of carbonyl (C=O) groups excluding carboxylic acids is 1. The number of halogens is 2. The van der Waals surface area contributed by atoms with Crippen LogP contribution in [0.2, 0.25) is 10.0 Å². The van der Waals surface area contributed by atoms with Gasteiger partial charge in [0.2, 0.25) is 11.8 Å². The summed E-state index contributed by atoms with van der Waals surface area (Å²) in [6.45, 7) is 0.486. The average Bonchev–Trinajstić information content (AvgIpc) is 3.54. The van der Waals surface area contributed by atoms with Gasteiger partial charge in [-0.15, -0.1) is 0 Å². The van der Waals surface area contributed by atoms with E-state index in [0.717, 1.165) is 17.5 Å². The smallest absolute Gasteiger partial charge is 0.323 e. The van der Waals surface area contributed by atoms with Crippen molar-refractivity contribution in [2.45, 2.75) is 38.0 Å². The average molecular weight is 718 g/mol. The summed E-state index contributed by atoms with van der Waals surface area (Å²) in [6.07, 6.45) is 4.34. The van der Waals surface area contributed by atoms with E-state index < -0.39 is 18.6 Å². The van der Waals surface area contributed by atoms with E-state index in [1.807, 2.05) is 48.5 Å². The Morgan fingerprint density at radius 2 is 1.74 bits per heavy atom. The summed E-state index contributed by atoms with van der Waals surface area (Å²) in [5.74, 6) is -0.674. The Kier molecular flexibility index (Phi) is 10.8. The Bertz CT molecular complexity index is 2140. The van der Waals surface area contributed by atoms with Gasteiger partial charge >= 0.3 is 5.97 Å². The van der Waals surface area contributed by atoms with Gasteiger partial charge in [0.25, 0.3) is 5.56 Å². The fourth-order valence-corrected chi connectivity index (χ4v) is 6.57. The van der Waals surface area contributed by atoms with E-state index in [2.05, 4.69) is 20.9 Å². The second-order valence-corrected chi connectivity index (χ2v) is 12.6. The van der Waals surface area contributed by atoms with Crippen LogP contribution in [0.15, 0.2) is 77.9 Å². The van der Waals surface area contributed by atoms with Crippen LogP contribution in [0.5, 0.6) is 5.88 Å². The summed E-state index contributed by atoms with van der Waals surface area (Å²) < 4.78 is 6.99. The number of fused-ring (bicyclic) bond motifs is 1. The molecule has 0 bridgehead atoms. The highest BCUT2D eigenvalue weighted by Gasteiger charge is 2.21. The van der Waals surface area contributed by atoms with Crippen molar-refractivity contribution in [3.8, 4) is 39.4 Å². The number of benzene rings is 2. The largest absolute Gasteiger partial charge is 0.481 e. The summed E-state index contributed by atoms with van der Waals surface area (Å²) in [5.41, 5.74) is 5.28. The molecule has 12 nitrogen and oxygen atoms in total. The Morgan fingerprint density at radius 1 is 1.02 bits per heavy atom. The number of methoxy groups -OCH3 is 1. The molecule has 4 heterocycles. The van der Waals surface area contributed by atoms with Crippen molar-refractivity contribution in [2.24, 2.45) is 0 Å². The molecule has 14 heteroatoms. The number of aliphatic hydroxyl groups is 1. The molecule has 5 aromatic rings. The predicted molar refractivity (Wildman–Crippen MR) is 190 cm³/mol. The number of hydrogen-bond donors (Lipinski definition) is 5. The third kappa shape index (κ3) is 7.35. The minimum Gasteiger partial charge on any atom is -0.481 e. The van der Waals surface area contributed by atoms with Gasteiger partial charge in [0, 0.05) is 72.3 Å². The number of carbonyl (C=O) groups is 2. The first kappa shape index (κ1) is 35.0. The van der Waals surface area contributed by atoms with Crippen LogP contribution in [0.1, 0.15) is 24.0 Å². The Morgan fingerprint density at radius 3 is 2.42 bits per heavy atom. The molecule has 2 aromatic carbocycles. The lowest BCUT2D eigenvalue weighted by atomic mass is 9.97. The van der Waals surface area contributed by atoms with Gasteiger partial charge in [-0.05, 0) is 30.2 Å². The molecule has 0 radical (unpaired) electrons.